The van der Waals surface area contributed by atoms with Gasteiger partial charge in [0, 0.05) is 44.6 Å². The Morgan fingerprint density at radius 2 is 1.77 bits per heavy atom. The Kier molecular flexibility index (Phi) is 5.34. The summed E-state index contributed by atoms with van der Waals surface area (Å²) in [5.74, 6) is -0.193. The predicted molar refractivity (Wildman–Crippen MR) is 95.7 cm³/mol. The molecule has 0 N–H and O–H groups in total. The van der Waals surface area contributed by atoms with E-state index in [1.807, 2.05) is 0 Å². The molecule has 2 amide bonds. The van der Waals surface area contributed by atoms with Crippen molar-refractivity contribution in [1.82, 2.24) is 9.80 Å². The van der Waals surface area contributed by atoms with Gasteiger partial charge in [0.1, 0.15) is 6.10 Å². The molecule has 1 aromatic carbocycles. The van der Waals surface area contributed by atoms with Crippen molar-refractivity contribution in [2.45, 2.75) is 30.8 Å². The van der Waals surface area contributed by atoms with Crippen molar-refractivity contribution in [2.24, 2.45) is 0 Å². The number of nitrogens with zero attached hydrogens (tertiary/aromatic N) is 2. The number of amides is 2. The second-order valence-corrected chi connectivity index (χ2v) is 8.88. The highest BCUT2D eigenvalue weighted by atomic mass is 32.2. The van der Waals surface area contributed by atoms with E-state index in [1.165, 1.54) is 12.1 Å². The topological polar surface area (TPSA) is 84.0 Å². The molecular formula is C18H24N2O5S. The molecule has 2 heterocycles. The predicted octanol–water partition coefficient (Wildman–Crippen LogP) is 0.862. The summed E-state index contributed by atoms with van der Waals surface area (Å²) in [5, 5.41) is 0. The van der Waals surface area contributed by atoms with Gasteiger partial charge in [-0.25, -0.2) is 8.42 Å². The second kappa shape index (κ2) is 7.36. The average molecular weight is 380 g/mol. The maximum atomic E-state index is 12.8. The van der Waals surface area contributed by atoms with E-state index in [2.05, 4.69) is 0 Å². The average Bonchev–Trinajstić information content (AvgIpc) is 3.14. The van der Waals surface area contributed by atoms with Gasteiger partial charge < -0.3 is 14.5 Å². The number of hydrogen-bond acceptors (Lipinski definition) is 5. The molecule has 0 aliphatic carbocycles. The number of sulfone groups is 1. The maximum absolute atomic E-state index is 12.8. The molecular weight excluding hydrogens is 356 g/mol. The van der Waals surface area contributed by atoms with Gasteiger partial charge in [-0.2, -0.15) is 0 Å². The minimum absolute atomic E-state index is 0.00449. The number of hydrogen-bond donors (Lipinski definition) is 0. The molecule has 2 aliphatic heterocycles. The van der Waals surface area contributed by atoms with E-state index in [9.17, 15) is 18.0 Å². The molecule has 0 radical (unpaired) electrons. The summed E-state index contributed by atoms with van der Waals surface area (Å²) >= 11 is 0. The van der Waals surface area contributed by atoms with E-state index >= 15 is 0 Å². The molecule has 26 heavy (non-hydrogen) atoms. The number of benzene rings is 1. The van der Waals surface area contributed by atoms with Crippen LogP contribution in [0.1, 0.15) is 28.8 Å². The minimum atomic E-state index is -3.37. The van der Waals surface area contributed by atoms with Crippen LogP contribution in [0.2, 0.25) is 0 Å². The maximum Gasteiger partial charge on any atom is 0.254 e. The number of piperazine rings is 1. The molecule has 1 atom stereocenters. The van der Waals surface area contributed by atoms with Gasteiger partial charge >= 0.3 is 0 Å². The van der Waals surface area contributed by atoms with Gasteiger partial charge in [-0.3, -0.25) is 9.59 Å². The van der Waals surface area contributed by atoms with Crippen LogP contribution in [0.15, 0.2) is 23.1 Å². The van der Waals surface area contributed by atoms with Crippen LogP contribution in [0.3, 0.4) is 0 Å². The van der Waals surface area contributed by atoms with Crippen molar-refractivity contribution in [2.75, 3.05) is 39.0 Å². The van der Waals surface area contributed by atoms with Crippen LogP contribution in [-0.4, -0.2) is 75.2 Å². The van der Waals surface area contributed by atoms with Gasteiger partial charge in [0.15, 0.2) is 9.84 Å². The molecule has 0 saturated carbocycles. The normalized spacial score (nSPS) is 21.1. The fourth-order valence-corrected chi connectivity index (χ4v) is 3.99. The Hall–Kier alpha value is -1.93. The summed E-state index contributed by atoms with van der Waals surface area (Å²) in [6.07, 6.45) is 2.45. The molecule has 1 unspecified atom stereocenters. The van der Waals surface area contributed by atoms with Crippen LogP contribution in [0, 0.1) is 6.92 Å². The van der Waals surface area contributed by atoms with E-state index < -0.39 is 9.84 Å². The van der Waals surface area contributed by atoms with Crippen molar-refractivity contribution in [3.8, 4) is 0 Å². The van der Waals surface area contributed by atoms with Gasteiger partial charge in [-0.1, -0.05) is 6.07 Å². The Balaban J connectivity index is 1.68. The second-order valence-electron chi connectivity index (χ2n) is 6.87. The molecule has 0 aromatic heterocycles. The molecule has 3 rings (SSSR count). The molecule has 142 valence electrons. The van der Waals surface area contributed by atoms with Crippen LogP contribution in [0.4, 0.5) is 0 Å². The van der Waals surface area contributed by atoms with Gasteiger partial charge in [-0.05, 0) is 37.5 Å². The van der Waals surface area contributed by atoms with Crippen molar-refractivity contribution >= 4 is 21.7 Å². The summed E-state index contributed by atoms with van der Waals surface area (Å²) in [6.45, 7) is 4.21. The number of aryl methyl sites for hydroxylation is 1. The SMILES string of the molecule is Cc1ccc(S(C)(=O)=O)cc1C(=O)N1CCN(C(=O)C2CCCO2)CC1. The lowest BCUT2D eigenvalue weighted by Gasteiger charge is -2.36. The lowest BCUT2D eigenvalue weighted by atomic mass is 10.1. The summed E-state index contributed by atoms with van der Waals surface area (Å²) in [4.78, 5) is 28.8. The highest BCUT2D eigenvalue weighted by Crippen LogP contribution is 2.20. The standard InChI is InChI=1S/C18H24N2O5S/c1-13-5-6-14(26(2,23)24)12-15(13)17(21)19-7-9-20(10-8-19)18(22)16-4-3-11-25-16/h5-6,12,16H,3-4,7-11H2,1-2H3. The number of carbonyl (C=O) groups excluding carboxylic acids is 2. The zero-order valence-corrected chi connectivity index (χ0v) is 15.9. The van der Waals surface area contributed by atoms with E-state index in [0.29, 0.717) is 38.3 Å². The largest absolute Gasteiger partial charge is 0.368 e. The third kappa shape index (κ3) is 3.91. The Morgan fingerprint density at radius 3 is 2.35 bits per heavy atom. The highest BCUT2D eigenvalue weighted by molar-refractivity contribution is 7.90. The molecule has 2 saturated heterocycles. The Morgan fingerprint density at radius 1 is 1.12 bits per heavy atom. The van der Waals surface area contributed by atoms with Gasteiger partial charge in [-0.15, -0.1) is 0 Å². The van der Waals surface area contributed by atoms with Crippen LogP contribution in [0.25, 0.3) is 0 Å². The summed E-state index contributed by atoms with van der Waals surface area (Å²) in [5.41, 5.74) is 1.13. The zero-order valence-electron chi connectivity index (χ0n) is 15.1. The van der Waals surface area contributed by atoms with E-state index in [4.69, 9.17) is 4.74 Å². The first-order valence-corrected chi connectivity index (χ1v) is 10.7. The van der Waals surface area contributed by atoms with Gasteiger partial charge in [0.05, 0.1) is 4.90 Å². The molecule has 7 nitrogen and oxygen atoms in total. The fraction of sp³-hybridized carbons (Fsp3) is 0.556. The first-order chi connectivity index (χ1) is 12.3. The van der Waals surface area contributed by atoms with E-state index in [-0.39, 0.29) is 22.8 Å². The Bertz CT molecular complexity index is 807. The van der Waals surface area contributed by atoms with Crippen molar-refractivity contribution in [3.05, 3.63) is 29.3 Å². The number of ether oxygens (including phenoxy) is 1. The fourth-order valence-electron chi connectivity index (χ4n) is 3.34. The van der Waals surface area contributed by atoms with Gasteiger partial charge in [0.2, 0.25) is 0 Å². The molecule has 0 spiro atoms. The summed E-state index contributed by atoms with van der Waals surface area (Å²) < 4.78 is 29.0. The minimum Gasteiger partial charge on any atom is -0.368 e. The van der Waals surface area contributed by atoms with E-state index in [0.717, 1.165) is 24.7 Å². The molecule has 2 aliphatic rings. The lowest BCUT2D eigenvalue weighted by Crippen LogP contribution is -2.52. The van der Waals surface area contributed by atoms with Crippen LogP contribution in [0.5, 0.6) is 0 Å². The highest BCUT2D eigenvalue weighted by Gasteiger charge is 2.31. The lowest BCUT2D eigenvalue weighted by molar-refractivity contribution is -0.142. The van der Waals surface area contributed by atoms with Crippen molar-refractivity contribution in [3.63, 3.8) is 0 Å². The monoisotopic (exact) mass is 380 g/mol. The third-order valence-electron chi connectivity index (χ3n) is 4.95. The van der Waals surface area contributed by atoms with Crippen molar-refractivity contribution in [1.29, 1.82) is 0 Å². The van der Waals surface area contributed by atoms with Crippen LogP contribution in [-0.2, 0) is 19.4 Å². The molecule has 8 heteroatoms. The first kappa shape index (κ1) is 18.8. The third-order valence-corrected chi connectivity index (χ3v) is 6.06. The van der Waals surface area contributed by atoms with Crippen LogP contribution < -0.4 is 0 Å². The van der Waals surface area contributed by atoms with Crippen molar-refractivity contribution < 1.29 is 22.7 Å². The first-order valence-electron chi connectivity index (χ1n) is 8.78. The van der Waals surface area contributed by atoms with Crippen LogP contribution >= 0.6 is 0 Å². The smallest absolute Gasteiger partial charge is 0.254 e. The quantitative estimate of drug-likeness (QED) is 0.777. The molecule has 0 bridgehead atoms. The van der Waals surface area contributed by atoms with E-state index in [1.54, 1.807) is 22.8 Å². The molecule has 2 fully saturated rings. The zero-order chi connectivity index (χ0) is 18.9. The number of rotatable bonds is 3. The molecule has 1 aromatic rings. The summed E-state index contributed by atoms with van der Waals surface area (Å²) in [6, 6.07) is 4.61. The summed E-state index contributed by atoms with van der Waals surface area (Å²) in [7, 11) is -3.37. The Labute approximate surface area is 153 Å². The van der Waals surface area contributed by atoms with Gasteiger partial charge in [0.25, 0.3) is 11.8 Å². The number of carbonyl (C=O) groups is 2.